The molecule has 6 heteroatoms. The second-order valence-electron chi connectivity index (χ2n) is 2.74. The summed E-state index contributed by atoms with van der Waals surface area (Å²) in [6.07, 6.45) is 3.06. The molecule has 0 spiro atoms. The maximum atomic E-state index is 11.2. The highest BCUT2D eigenvalue weighted by atomic mass is 16.4. The summed E-state index contributed by atoms with van der Waals surface area (Å²) >= 11 is 0. The van der Waals surface area contributed by atoms with Crippen molar-refractivity contribution < 1.29 is 4.42 Å². The van der Waals surface area contributed by atoms with Crippen molar-refractivity contribution in [1.82, 2.24) is 19.7 Å². The predicted octanol–water partition coefficient (Wildman–Crippen LogP) is -0.0170. The van der Waals surface area contributed by atoms with Gasteiger partial charge in [-0.2, -0.15) is 0 Å². The minimum Gasteiger partial charge on any atom is -0.424 e. The van der Waals surface area contributed by atoms with Gasteiger partial charge in [-0.05, 0) is 6.07 Å². The molecule has 0 radical (unpaired) electrons. The van der Waals surface area contributed by atoms with E-state index in [0.29, 0.717) is 11.8 Å². The summed E-state index contributed by atoms with van der Waals surface area (Å²) < 4.78 is 6.53. The van der Waals surface area contributed by atoms with E-state index >= 15 is 0 Å². The van der Waals surface area contributed by atoms with Gasteiger partial charge in [0.05, 0.1) is 0 Å². The van der Waals surface area contributed by atoms with Crippen LogP contribution in [-0.2, 0) is 6.54 Å². The first-order valence-electron chi connectivity index (χ1n) is 4.06. The lowest BCUT2D eigenvalue weighted by atomic mass is 10.6. The molecular formula is C8H8N4O2. The van der Waals surface area contributed by atoms with Crippen molar-refractivity contribution in [2.45, 2.75) is 13.5 Å². The zero-order valence-corrected chi connectivity index (χ0v) is 7.54. The van der Waals surface area contributed by atoms with E-state index in [0.717, 1.165) is 0 Å². The second kappa shape index (κ2) is 3.41. The standard InChI is InChI=1S/C8H8N4O2/c1-6-10-11-7(14-6)5-12-4-2-3-9-8(12)13/h2-4H,5H2,1H3. The van der Waals surface area contributed by atoms with Gasteiger partial charge in [-0.15, -0.1) is 10.2 Å². The van der Waals surface area contributed by atoms with Crippen molar-refractivity contribution >= 4 is 0 Å². The number of aryl methyl sites for hydroxylation is 1. The van der Waals surface area contributed by atoms with Crippen LogP contribution in [0.15, 0.2) is 27.7 Å². The van der Waals surface area contributed by atoms with Crippen LogP contribution in [0.5, 0.6) is 0 Å². The van der Waals surface area contributed by atoms with Gasteiger partial charge in [0.25, 0.3) is 0 Å². The summed E-state index contributed by atoms with van der Waals surface area (Å²) in [5.41, 5.74) is -0.330. The predicted molar refractivity (Wildman–Crippen MR) is 46.6 cm³/mol. The molecule has 14 heavy (non-hydrogen) atoms. The minimum absolute atomic E-state index is 0.257. The van der Waals surface area contributed by atoms with Crippen LogP contribution in [0, 0.1) is 6.92 Å². The van der Waals surface area contributed by atoms with Crippen molar-refractivity contribution in [3.8, 4) is 0 Å². The van der Waals surface area contributed by atoms with E-state index in [1.165, 1.54) is 10.8 Å². The van der Waals surface area contributed by atoms with Crippen molar-refractivity contribution in [2.75, 3.05) is 0 Å². The van der Waals surface area contributed by atoms with E-state index in [1.807, 2.05) is 0 Å². The smallest absolute Gasteiger partial charge is 0.347 e. The van der Waals surface area contributed by atoms with E-state index in [9.17, 15) is 4.79 Å². The van der Waals surface area contributed by atoms with Crippen molar-refractivity contribution in [1.29, 1.82) is 0 Å². The van der Waals surface area contributed by atoms with E-state index in [-0.39, 0.29) is 12.2 Å². The summed E-state index contributed by atoms with van der Waals surface area (Å²) in [5, 5.41) is 7.44. The maximum absolute atomic E-state index is 11.2. The number of nitrogens with zero attached hydrogens (tertiary/aromatic N) is 4. The molecule has 0 aromatic carbocycles. The molecule has 0 saturated heterocycles. The normalized spacial score (nSPS) is 10.4. The molecule has 0 aliphatic carbocycles. The molecule has 0 saturated carbocycles. The molecule has 2 aromatic rings. The maximum Gasteiger partial charge on any atom is 0.347 e. The monoisotopic (exact) mass is 192 g/mol. The highest BCUT2D eigenvalue weighted by Gasteiger charge is 2.03. The molecule has 72 valence electrons. The average Bonchev–Trinajstić information content (AvgIpc) is 2.56. The Labute approximate surface area is 79.2 Å². The molecule has 2 heterocycles. The Morgan fingerprint density at radius 2 is 2.36 bits per heavy atom. The van der Waals surface area contributed by atoms with E-state index < -0.39 is 0 Å². The van der Waals surface area contributed by atoms with Gasteiger partial charge in [0.1, 0.15) is 6.54 Å². The summed E-state index contributed by atoms with van der Waals surface area (Å²) in [5.74, 6) is 0.884. The van der Waals surface area contributed by atoms with Crippen molar-refractivity contribution in [3.05, 3.63) is 40.7 Å². The zero-order valence-electron chi connectivity index (χ0n) is 7.54. The van der Waals surface area contributed by atoms with Crippen LogP contribution >= 0.6 is 0 Å². The van der Waals surface area contributed by atoms with Gasteiger partial charge in [0.2, 0.25) is 11.8 Å². The third kappa shape index (κ3) is 1.68. The SMILES string of the molecule is Cc1nnc(Cn2cccnc2=O)o1. The van der Waals surface area contributed by atoms with Crippen LogP contribution in [0.4, 0.5) is 0 Å². The Morgan fingerprint density at radius 3 is 3.00 bits per heavy atom. The number of rotatable bonds is 2. The van der Waals surface area contributed by atoms with Gasteiger partial charge in [0.15, 0.2) is 0 Å². The average molecular weight is 192 g/mol. The number of aromatic nitrogens is 4. The molecule has 0 amide bonds. The molecule has 6 nitrogen and oxygen atoms in total. The largest absolute Gasteiger partial charge is 0.424 e. The molecule has 2 rings (SSSR count). The first kappa shape index (κ1) is 8.61. The first-order valence-corrected chi connectivity index (χ1v) is 4.06. The van der Waals surface area contributed by atoms with Crippen LogP contribution in [0.1, 0.15) is 11.8 Å². The molecule has 0 aliphatic heterocycles. The lowest BCUT2D eigenvalue weighted by Crippen LogP contribution is -2.21. The number of hydrogen-bond acceptors (Lipinski definition) is 5. The Kier molecular flexibility index (Phi) is 2.10. The topological polar surface area (TPSA) is 73.8 Å². The summed E-state index contributed by atoms with van der Waals surface area (Å²) in [7, 11) is 0. The highest BCUT2D eigenvalue weighted by Crippen LogP contribution is 1.98. The fraction of sp³-hybridized carbons (Fsp3) is 0.250. The minimum atomic E-state index is -0.330. The van der Waals surface area contributed by atoms with E-state index in [2.05, 4.69) is 15.2 Å². The zero-order chi connectivity index (χ0) is 9.97. The van der Waals surface area contributed by atoms with Gasteiger partial charge in [-0.25, -0.2) is 9.78 Å². The molecule has 2 aromatic heterocycles. The second-order valence-corrected chi connectivity index (χ2v) is 2.74. The lowest BCUT2D eigenvalue weighted by molar-refractivity contribution is 0.450. The van der Waals surface area contributed by atoms with E-state index in [4.69, 9.17) is 4.42 Å². The Balaban J connectivity index is 2.27. The van der Waals surface area contributed by atoms with Crippen LogP contribution in [0.3, 0.4) is 0 Å². The molecular weight excluding hydrogens is 184 g/mol. The van der Waals surface area contributed by atoms with Crippen LogP contribution < -0.4 is 5.69 Å². The molecule has 0 aliphatic rings. The summed E-state index contributed by atoms with van der Waals surface area (Å²) in [4.78, 5) is 14.8. The van der Waals surface area contributed by atoms with Gasteiger partial charge in [0, 0.05) is 19.3 Å². The Hall–Kier alpha value is -1.98. The van der Waals surface area contributed by atoms with Crippen molar-refractivity contribution in [2.24, 2.45) is 0 Å². The first-order chi connectivity index (χ1) is 6.75. The molecule has 0 fully saturated rings. The van der Waals surface area contributed by atoms with E-state index in [1.54, 1.807) is 19.2 Å². The number of hydrogen-bond donors (Lipinski definition) is 0. The van der Waals surface area contributed by atoms with Gasteiger partial charge in [-0.1, -0.05) is 0 Å². The van der Waals surface area contributed by atoms with Gasteiger partial charge < -0.3 is 4.42 Å². The summed E-state index contributed by atoms with van der Waals surface area (Å²) in [6, 6.07) is 1.67. The molecule has 0 atom stereocenters. The third-order valence-electron chi connectivity index (χ3n) is 1.66. The summed E-state index contributed by atoms with van der Waals surface area (Å²) in [6.45, 7) is 1.95. The highest BCUT2D eigenvalue weighted by molar-refractivity contribution is 4.86. The van der Waals surface area contributed by atoms with Crippen LogP contribution in [0.25, 0.3) is 0 Å². The Morgan fingerprint density at radius 1 is 1.50 bits per heavy atom. The fourth-order valence-electron chi connectivity index (χ4n) is 1.05. The molecule has 0 unspecified atom stereocenters. The lowest BCUT2D eigenvalue weighted by Gasteiger charge is -1.98. The third-order valence-corrected chi connectivity index (χ3v) is 1.66. The van der Waals surface area contributed by atoms with Gasteiger partial charge >= 0.3 is 5.69 Å². The van der Waals surface area contributed by atoms with Crippen molar-refractivity contribution in [3.63, 3.8) is 0 Å². The molecule has 0 bridgehead atoms. The quantitative estimate of drug-likeness (QED) is 0.668. The van der Waals surface area contributed by atoms with Crippen LogP contribution in [-0.4, -0.2) is 19.7 Å². The van der Waals surface area contributed by atoms with Crippen LogP contribution in [0.2, 0.25) is 0 Å². The Bertz CT molecular complexity index is 488. The molecule has 0 N–H and O–H groups in total. The fourth-order valence-corrected chi connectivity index (χ4v) is 1.05. The van der Waals surface area contributed by atoms with Gasteiger partial charge in [-0.3, -0.25) is 4.57 Å².